The van der Waals surface area contributed by atoms with Crippen molar-refractivity contribution in [2.75, 3.05) is 41.8 Å². The molecular weight excluding hydrogens is 322 g/mol. The molecule has 1 aliphatic heterocycles. The Morgan fingerprint density at radius 1 is 1.36 bits per heavy atom. The number of carboxylic acids is 1. The Kier molecular flexibility index (Phi) is 4.51. The van der Waals surface area contributed by atoms with Crippen molar-refractivity contribution in [3.63, 3.8) is 0 Å². The van der Waals surface area contributed by atoms with Crippen molar-refractivity contribution in [2.24, 2.45) is 0 Å². The second-order valence-corrected chi connectivity index (χ2v) is 5.70. The van der Waals surface area contributed by atoms with Crippen molar-refractivity contribution in [1.82, 2.24) is 9.97 Å². The number of nitrogens with zero attached hydrogens (tertiary/aromatic N) is 4. The first-order valence-electron chi connectivity index (χ1n) is 7.98. The number of rotatable bonds is 4. The number of hydrogen-bond donors (Lipinski definition) is 2. The molecule has 1 amide bonds. The molecule has 25 heavy (non-hydrogen) atoms. The van der Waals surface area contributed by atoms with Gasteiger partial charge in [0, 0.05) is 38.6 Å². The number of amides is 1. The van der Waals surface area contributed by atoms with Crippen molar-refractivity contribution in [3.8, 4) is 0 Å². The van der Waals surface area contributed by atoms with Crippen molar-refractivity contribution >= 4 is 29.3 Å². The Morgan fingerprint density at radius 2 is 2.16 bits per heavy atom. The summed E-state index contributed by atoms with van der Waals surface area (Å²) in [7, 11) is 1.87. The highest BCUT2D eigenvalue weighted by molar-refractivity contribution is 6.10. The number of aromatic nitrogens is 2. The second-order valence-electron chi connectivity index (χ2n) is 5.70. The van der Waals surface area contributed by atoms with Gasteiger partial charge in [0.25, 0.3) is 5.91 Å². The molecule has 0 aliphatic carbocycles. The Balaban J connectivity index is 2.01. The number of benzene rings is 1. The maximum absolute atomic E-state index is 13.0. The van der Waals surface area contributed by atoms with Gasteiger partial charge in [-0.15, -0.1) is 0 Å². The second kappa shape index (κ2) is 6.76. The average molecular weight is 341 g/mol. The summed E-state index contributed by atoms with van der Waals surface area (Å²) in [6.45, 7) is 3.62. The zero-order chi connectivity index (χ0) is 18.0. The minimum Gasteiger partial charge on any atom is -0.478 e. The van der Waals surface area contributed by atoms with E-state index < -0.39 is 5.97 Å². The zero-order valence-corrected chi connectivity index (χ0v) is 14.1. The fourth-order valence-electron chi connectivity index (χ4n) is 2.71. The maximum Gasteiger partial charge on any atom is 0.335 e. The summed E-state index contributed by atoms with van der Waals surface area (Å²) in [5, 5.41) is 12.2. The molecule has 0 saturated carbocycles. The molecule has 0 spiro atoms. The third-order valence-corrected chi connectivity index (χ3v) is 4.00. The minimum atomic E-state index is -1.03. The SMILES string of the molecule is CCNc1ncc2c(n1)N(C)CCN(c1cccc(C(=O)O)c1)C2=O. The first-order valence-corrected chi connectivity index (χ1v) is 7.98. The summed E-state index contributed by atoms with van der Waals surface area (Å²) in [4.78, 5) is 36.3. The Hall–Kier alpha value is -3.16. The van der Waals surface area contributed by atoms with E-state index in [0.717, 1.165) is 0 Å². The van der Waals surface area contributed by atoms with E-state index >= 15 is 0 Å². The maximum atomic E-state index is 13.0. The smallest absolute Gasteiger partial charge is 0.335 e. The highest BCUT2D eigenvalue weighted by atomic mass is 16.4. The van der Waals surface area contributed by atoms with E-state index in [4.69, 9.17) is 0 Å². The number of hydrogen-bond acceptors (Lipinski definition) is 6. The third kappa shape index (κ3) is 3.23. The van der Waals surface area contributed by atoms with E-state index in [2.05, 4.69) is 15.3 Å². The molecule has 0 atom stereocenters. The van der Waals surface area contributed by atoms with E-state index in [-0.39, 0.29) is 11.5 Å². The fourth-order valence-corrected chi connectivity index (χ4v) is 2.71. The summed E-state index contributed by atoms with van der Waals surface area (Å²) < 4.78 is 0. The lowest BCUT2D eigenvalue weighted by molar-refractivity contribution is 0.0696. The lowest BCUT2D eigenvalue weighted by Crippen LogP contribution is -2.33. The van der Waals surface area contributed by atoms with E-state index in [1.54, 1.807) is 17.0 Å². The van der Waals surface area contributed by atoms with Gasteiger partial charge in [0.2, 0.25) is 5.95 Å². The molecule has 8 heteroatoms. The van der Waals surface area contributed by atoms with Crippen LogP contribution in [0.2, 0.25) is 0 Å². The lowest BCUT2D eigenvalue weighted by atomic mass is 10.1. The molecule has 0 unspecified atom stereocenters. The van der Waals surface area contributed by atoms with Gasteiger partial charge in [0.1, 0.15) is 11.4 Å². The van der Waals surface area contributed by atoms with Gasteiger partial charge in [-0.05, 0) is 25.1 Å². The van der Waals surface area contributed by atoms with Crippen LogP contribution in [0.3, 0.4) is 0 Å². The Labute approximate surface area is 145 Å². The molecule has 0 radical (unpaired) electrons. The van der Waals surface area contributed by atoms with Gasteiger partial charge in [0.05, 0.1) is 5.56 Å². The predicted molar refractivity (Wildman–Crippen MR) is 94.5 cm³/mol. The average Bonchev–Trinajstić information content (AvgIpc) is 2.73. The summed E-state index contributed by atoms with van der Waals surface area (Å²) >= 11 is 0. The lowest BCUT2D eigenvalue weighted by Gasteiger charge is -2.21. The topological polar surface area (TPSA) is 98.7 Å². The van der Waals surface area contributed by atoms with Crippen LogP contribution in [0.25, 0.3) is 0 Å². The predicted octanol–water partition coefficient (Wildman–Crippen LogP) is 1.70. The van der Waals surface area contributed by atoms with Crippen LogP contribution in [0.15, 0.2) is 30.5 Å². The summed E-state index contributed by atoms with van der Waals surface area (Å²) in [5.74, 6) is -0.236. The molecule has 8 nitrogen and oxygen atoms in total. The number of carbonyl (C=O) groups is 2. The van der Waals surface area contributed by atoms with Crippen LogP contribution >= 0.6 is 0 Å². The van der Waals surface area contributed by atoms with Crippen molar-refractivity contribution in [3.05, 3.63) is 41.6 Å². The molecule has 1 aromatic heterocycles. The van der Waals surface area contributed by atoms with Crippen molar-refractivity contribution in [1.29, 1.82) is 0 Å². The van der Waals surface area contributed by atoms with Crippen LogP contribution in [0.4, 0.5) is 17.5 Å². The van der Waals surface area contributed by atoms with Crippen molar-refractivity contribution < 1.29 is 14.7 Å². The third-order valence-electron chi connectivity index (χ3n) is 4.00. The summed E-state index contributed by atoms with van der Waals surface area (Å²) in [5.41, 5.74) is 1.08. The number of aromatic carboxylic acids is 1. The molecule has 1 aromatic carbocycles. The molecule has 0 saturated heterocycles. The van der Waals surface area contributed by atoms with Crippen LogP contribution in [-0.4, -0.2) is 53.6 Å². The van der Waals surface area contributed by atoms with Crippen LogP contribution in [-0.2, 0) is 0 Å². The van der Waals surface area contributed by atoms with Crippen LogP contribution < -0.4 is 15.1 Å². The van der Waals surface area contributed by atoms with Gasteiger partial charge in [-0.25, -0.2) is 9.78 Å². The largest absolute Gasteiger partial charge is 0.478 e. The Bertz CT molecular complexity index is 824. The minimum absolute atomic E-state index is 0.141. The summed E-state index contributed by atoms with van der Waals surface area (Å²) in [6.07, 6.45) is 1.51. The van der Waals surface area contributed by atoms with E-state index in [0.29, 0.717) is 42.7 Å². The molecule has 2 heterocycles. The highest BCUT2D eigenvalue weighted by Crippen LogP contribution is 2.26. The first kappa shape index (κ1) is 16.7. The number of nitrogens with one attached hydrogen (secondary N) is 1. The van der Waals surface area contributed by atoms with E-state index in [1.807, 2.05) is 18.9 Å². The Morgan fingerprint density at radius 3 is 2.88 bits per heavy atom. The number of carbonyl (C=O) groups excluding carboxylic acids is 1. The van der Waals surface area contributed by atoms with Crippen molar-refractivity contribution in [2.45, 2.75) is 6.92 Å². The normalized spacial score (nSPS) is 14.1. The van der Waals surface area contributed by atoms with E-state index in [9.17, 15) is 14.7 Å². The quantitative estimate of drug-likeness (QED) is 0.873. The molecule has 3 rings (SSSR count). The first-order chi connectivity index (χ1) is 12.0. The molecular formula is C17H19N5O3. The highest BCUT2D eigenvalue weighted by Gasteiger charge is 2.28. The van der Waals surface area contributed by atoms with Gasteiger partial charge in [-0.2, -0.15) is 4.98 Å². The number of anilines is 3. The van der Waals surface area contributed by atoms with E-state index in [1.165, 1.54) is 18.3 Å². The monoisotopic (exact) mass is 341 g/mol. The van der Waals surface area contributed by atoms with Crippen LogP contribution in [0.1, 0.15) is 27.6 Å². The number of likely N-dealkylation sites (N-methyl/N-ethyl adjacent to an activating group) is 1. The fraction of sp³-hybridized carbons (Fsp3) is 0.294. The molecule has 130 valence electrons. The van der Waals surface area contributed by atoms with Gasteiger partial charge in [-0.3, -0.25) is 4.79 Å². The molecule has 2 N–H and O–H groups in total. The van der Waals surface area contributed by atoms with Crippen LogP contribution in [0, 0.1) is 0 Å². The summed E-state index contributed by atoms with van der Waals surface area (Å²) in [6, 6.07) is 6.36. The van der Waals surface area contributed by atoms with Gasteiger partial charge in [0.15, 0.2) is 0 Å². The number of carboxylic acid groups (broad SMARTS) is 1. The van der Waals surface area contributed by atoms with Gasteiger partial charge >= 0.3 is 5.97 Å². The van der Waals surface area contributed by atoms with Gasteiger partial charge in [-0.1, -0.05) is 6.07 Å². The molecule has 0 fully saturated rings. The molecule has 2 aromatic rings. The van der Waals surface area contributed by atoms with Gasteiger partial charge < -0.3 is 20.2 Å². The molecule has 0 bridgehead atoms. The number of fused-ring (bicyclic) bond motifs is 1. The zero-order valence-electron chi connectivity index (χ0n) is 14.1. The standard InChI is InChI=1S/C17H19N5O3/c1-3-18-17-19-10-13-14(20-17)21(2)7-8-22(15(13)23)12-6-4-5-11(9-12)16(24)25/h4-6,9-10H,3,7-8H2,1-2H3,(H,24,25)(H,18,19,20). The molecule has 1 aliphatic rings. The van der Waals surface area contributed by atoms with Crippen LogP contribution in [0.5, 0.6) is 0 Å².